The first-order valence-corrected chi connectivity index (χ1v) is 14.2. The van der Waals surface area contributed by atoms with E-state index in [0.29, 0.717) is 32.8 Å². The molecule has 0 aliphatic heterocycles. The number of thioether (sulfide) groups is 1. The first-order valence-electron chi connectivity index (χ1n) is 11.9. The van der Waals surface area contributed by atoms with E-state index in [1.54, 1.807) is 23.1 Å². The maximum Gasteiger partial charge on any atom is 0.243 e. The van der Waals surface area contributed by atoms with E-state index in [2.05, 4.69) is 5.32 Å². The van der Waals surface area contributed by atoms with Crippen molar-refractivity contribution < 1.29 is 9.59 Å². The van der Waals surface area contributed by atoms with Gasteiger partial charge in [0.15, 0.2) is 0 Å². The highest BCUT2D eigenvalue weighted by atomic mass is 35.5. The largest absolute Gasteiger partial charge is 0.350 e. The van der Waals surface area contributed by atoms with Crippen LogP contribution in [0.2, 0.25) is 15.1 Å². The lowest BCUT2D eigenvalue weighted by atomic mass is 10.0. The maximum absolute atomic E-state index is 13.7. The third-order valence-corrected chi connectivity index (χ3v) is 7.47. The van der Waals surface area contributed by atoms with Gasteiger partial charge >= 0.3 is 0 Å². The van der Waals surface area contributed by atoms with Gasteiger partial charge in [0, 0.05) is 44.9 Å². The number of halogens is 3. The van der Waals surface area contributed by atoms with Crippen molar-refractivity contribution in [3.63, 3.8) is 0 Å². The van der Waals surface area contributed by atoms with Crippen molar-refractivity contribution in [2.75, 3.05) is 5.75 Å². The predicted molar refractivity (Wildman–Crippen MR) is 156 cm³/mol. The molecule has 0 spiro atoms. The molecule has 0 radical (unpaired) electrons. The van der Waals surface area contributed by atoms with E-state index in [9.17, 15) is 9.59 Å². The summed E-state index contributed by atoms with van der Waals surface area (Å²) in [6.45, 7) is 5.87. The third kappa shape index (κ3) is 9.26. The topological polar surface area (TPSA) is 49.4 Å². The molecule has 1 unspecified atom stereocenters. The maximum atomic E-state index is 13.7. The summed E-state index contributed by atoms with van der Waals surface area (Å²) in [6.07, 6.45) is 0.357. The molecule has 0 aliphatic carbocycles. The highest BCUT2D eigenvalue weighted by molar-refractivity contribution is 7.99. The normalized spacial score (nSPS) is 12.2. The van der Waals surface area contributed by atoms with Gasteiger partial charge in [-0.15, -0.1) is 11.8 Å². The van der Waals surface area contributed by atoms with E-state index >= 15 is 0 Å². The summed E-state index contributed by atoms with van der Waals surface area (Å²) in [6, 6.07) is 21.7. The van der Waals surface area contributed by atoms with Crippen LogP contribution in [0.4, 0.5) is 0 Å². The van der Waals surface area contributed by atoms with Gasteiger partial charge in [0.25, 0.3) is 0 Å². The van der Waals surface area contributed by atoms with Gasteiger partial charge in [0.05, 0.1) is 5.75 Å². The second-order valence-electron chi connectivity index (χ2n) is 9.79. The Hall–Kier alpha value is -2.18. The van der Waals surface area contributed by atoms with E-state index in [1.165, 1.54) is 11.8 Å². The number of benzene rings is 3. The van der Waals surface area contributed by atoms with Crippen LogP contribution in [0.1, 0.15) is 37.5 Å². The van der Waals surface area contributed by atoms with Crippen LogP contribution >= 0.6 is 46.6 Å². The zero-order chi connectivity index (χ0) is 27.0. The van der Waals surface area contributed by atoms with Crippen LogP contribution in [0.25, 0.3) is 0 Å². The second-order valence-corrected chi connectivity index (χ2v) is 12.0. The highest BCUT2D eigenvalue weighted by Crippen LogP contribution is 2.28. The molecule has 0 bridgehead atoms. The number of hydrogen-bond donors (Lipinski definition) is 1. The fourth-order valence-corrected chi connectivity index (χ4v) is 5.41. The Morgan fingerprint density at radius 2 is 1.51 bits per heavy atom. The lowest BCUT2D eigenvalue weighted by Crippen LogP contribution is -2.54. The summed E-state index contributed by atoms with van der Waals surface area (Å²) in [5.74, 6) is 0.397. The molecule has 0 heterocycles. The summed E-state index contributed by atoms with van der Waals surface area (Å²) >= 11 is 20.6. The number of hydrogen-bond acceptors (Lipinski definition) is 3. The molecule has 0 saturated carbocycles. The number of nitrogens with one attached hydrogen (secondary N) is 1. The van der Waals surface area contributed by atoms with Crippen LogP contribution in [0.3, 0.4) is 0 Å². The van der Waals surface area contributed by atoms with Crippen molar-refractivity contribution in [2.24, 2.45) is 0 Å². The molecular weight excluding hydrogens is 547 g/mol. The van der Waals surface area contributed by atoms with Crippen LogP contribution in [-0.2, 0) is 28.3 Å². The Bertz CT molecular complexity index is 1200. The summed E-state index contributed by atoms with van der Waals surface area (Å²) < 4.78 is 0. The Labute approximate surface area is 238 Å². The molecule has 4 nitrogen and oxygen atoms in total. The molecule has 0 aromatic heterocycles. The quantitative estimate of drug-likeness (QED) is 0.272. The lowest BCUT2D eigenvalue weighted by molar-refractivity contribution is -0.140. The predicted octanol–water partition coefficient (Wildman–Crippen LogP) is 7.43. The Balaban J connectivity index is 1.92. The lowest BCUT2D eigenvalue weighted by Gasteiger charge is -2.34. The average molecular weight is 578 g/mol. The molecule has 1 atom stereocenters. The molecule has 3 aromatic carbocycles. The van der Waals surface area contributed by atoms with Crippen LogP contribution in [0.15, 0.2) is 72.8 Å². The third-order valence-electron chi connectivity index (χ3n) is 5.54. The van der Waals surface area contributed by atoms with Gasteiger partial charge in [-0.05, 0) is 56.2 Å². The first kappa shape index (κ1) is 29.4. The Morgan fingerprint density at radius 1 is 0.892 bits per heavy atom. The van der Waals surface area contributed by atoms with E-state index in [4.69, 9.17) is 34.8 Å². The molecule has 196 valence electrons. The van der Waals surface area contributed by atoms with E-state index in [-0.39, 0.29) is 24.1 Å². The Kier molecular flexibility index (Phi) is 10.8. The highest BCUT2D eigenvalue weighted by Gasteiger charge is 2.32. The van der Waals surface area contributed by atoms with Crippen molar-refractivity contribution >= 4 is 58.4 Å². The fourth-order valence-electron chi connectivity index (χ4n) is 3.83. The molecule has 8 heteroatoms. The molecule has 0 saturated heterocycles. The summed E-state index contributed by atoms with van der Waals surface area (Å²) in [4.78, 5) is 29.0. The summed E-state index contributed by atoms with van der Waals surface area (Å²) in [7, 11) is 0. The van der Waals surface area contributed by atoms with Crippen molar-refractivity contribution in [1.29, 1.82) is 0 Å². The minimum Gasteiger partial charge on any atom is -0.350 e. The van der Waals surface area contributed by atoms with Gasteiger partial charge in [-0.2, -0.15) is 0 Å². The molecule has 2 amide bonds. The molecule has 0 aliphatic rings. The standard InChI is InChI=1S/C29H31Cl3N2O2S/c1-29(2,3)33-28(36)26(16-20-9-5-4-6-10-20)34(17-23-24(31)13-8-14-25(23)32)27(35)19-37-18-21-11-7-12-22(30)15-21/h4-15,26H,16-19H2,1-3H3,(H,33,36). The van der Waals surface area contributed by atoms with Crippen LogP contribution in [0.5, 0.6) is 0 Å². The van der Waals surface area contributed by atoms with Gasteiger partial charge in [-0.1, -0.05) is 83.3 Å². The second kappa shape index (κ2) is 13.6. The number of rotatable bonds is 10. The molecule has 3 rings (SSSR count). The molecule has 0 fully saturated rings. The van der Waals surface area contributed by atoms with Gasteiger partial charge in [0.1, 0.15) is 6.04 Å². The molecule has 37 heavy (non-hydrogen) atoms. The van der Waals surface area contributed by atoms with Gasteiger partial charge in [-0.25, -0.2) is 0 Å². The summed E-state index contributed by atoms with van der Waals surface area (Å²) in [5, 5.41) is 4.61. The van der Waals surface area contributed by atoms with E-state index in [0.717, 1.165) is 11.1 Å². The van der Waals surface area contributed by atoms with Crippen LogP contribution in [-0.4, -0.2) is 34.0 Å². The van der Waals surface area contributed by atoms with Crippen molar-refractivity contribution in [2.45, 2.75) is 51.1 Å². The van der Waals surface area contributed by atoms with Crippen molar-refractivity contribution in [3.05, 3.63) is 105 Å². The van der Waals surface area contributed by atoms with E-state index in [1.807, 2.05) is 75.4 Å². The number of carbonyl (C=O) groups excluding carboxylic acids is 2. The van der Waals surface area contributed by atoms with Gasteiger partial charge in [0.2, 0.25) is 11.8 Å². The number of nitrogens with zero attached hydrogens (tertiary/aromatic N) is 1. The van der Waals surface area contributed by atoms with Gasteiger partial charge in [-0.3, -0.25) is 9.59 Å². The van der Waals surface area contributed by atoms with Crippen molar-refractivity contribution in [1.82, 2.24) is 10.2 Å². The zero-order valence-corrected chi connectivity index (χ0v) is 24.2. The minimum atomic E-state index is -0.756. The fraction of sp³-hybridized carbons (Fsp3) is 0.310. The number of carbonyl (C=O) groups is 2. The summed E-state index contributed by atoms with van der Waals surface area (Å²) in [5.41, 5.74) is 2.12. The minimum absolute atomic E-state index is 0.115. The smallest absolute Gasteiger partial charge is 0.243 e. The first-order chi connectivity index (χ1) is 17.5. The monoisotopic (exact) mass is 576 g/mol. The average Bonchev–Trinajstić information content (AvgIpc) is 2.82. The molecular formula is C29H31Cl3N2O2S. The molecule has 3 aromatic rings. The zero-order valence-electron chi connectivity index (χ0n) is 21.1. The van der Waals surface area contributed by atoms with Crippen LogP contribution < -0.4 is 5.32 Å². The van der Waals surface area contributed by atoms with Crippen LogP contribution in [0, 0.1) is 0 Å². The van der Waals surface area contributed by atoms with E-state index < -0.39 is 11.6 Å². The van der Waals surface area contributed by atoms with Gasteiger partial charge < -0.3 is 10.2 Å². The Morgan fingerprint density at radius 3 is 2.14 bits per heavy atom. The molecule has 1 N–H and O–H groups in total. The van der Waals surface area contributed by atoms with Crippen molar-refractivity contribution in [3.8, 4) is 0 Å². The SMILES string of the molecule is CC(C)(C)NC(=O)C(Cc1ccccc1)N(Cc1c(Cl)cccc1Cl)C(=O)CSCc1cccc(Cl)c1. The number of amides is 2.